The van der Waals surface area contributed by atoms with Crippen molar-refractivity contribution in [3.63, 3.8) is 0 Å². The van der Waals surface area contributed by atoms with Gasteiger partial charge in [0.15, 0.2) is 0 Å². The van der Waals surface area contributed by atoms with Crippen molar-refractivity contribution in [3.8, 4) is 6.07 Å². The first-order chi connectivity index (χ1) is 6.74. The Hall–Kier alpha value is -1.12. The summed E-state index contributed by atoms with van der Waals surface area (Å²) in [6.07, 6.45) is 1.18. The molecule has 0 aromatic carbocycles. The molecule has 1 amide bonds. The highest BCUT2D eigenvalue weighted by Gasteiger charge is 2.10. The summed E-state index contributed by atoms with van der Waals surface area (Å²) in [4.78, 5) is 20.4. The summed E-state index contributed by atoms with van der Waals surface area (Å²) in [6.45, 7) is 4.15. The van der Waals surface area contributed by atoms with Gasteiger partial charge in [0.25, 0.3) is 0 Å². The molecule has 0 fully saturated rings. The zero-order chi connectivity index (χ0) is 10.8. The van der Waals surface area contributed by atoms with Gasteiger partial charge in [-0.25, -0.2) is 9.78 Å². The lowest BCUT2D eigenvalue weighted by Crippen LogP contribution is -2.36. The third kappa shape index (κ3) is 6.40. The Morgan fingerprint density at radius 2 is 2.21 bits per heavy atom. The summed E-state index contributed by atoms with van der Waals surface area (Å²) in [5.74, 6) is -0.140. The molecule has 14 heavy (non-hydrogen) atoms. The van der Waals surface area contributed by atoms with Gasteiger partial charge in [-0.2, -0.15) is 5.26 Å². The minimum absolute atomic E-state index is 0.0554. The molecule has 0 aliphatic heterocycles. The SMILES string of the molecule is CCCC(=O)NC(C#N)COOCC. The highest BCUT2D eigenvalue weighted by atomic mass is 17.2. The maximum absolute atomic E-state index is 11.1. The minimum Gasteiger partial charge on any atom is -0.338 e. The molecule has 0 rings (SSSR count). The molecule has 0 aliphatic carbocycles. The van der Waals surface area contributed by atoms with Gasteiger partial charge in [0.1, 0.15) is 12.6 Å². The second kappa shape index (κ2) is 8.48. The van der Waals surface area contributed by atoms with Crippen LogP contribution in [0.15, 0.2) is 0 Å². The van der Waals surface area contributed by atoms with Crippen molar-refractivity contribution in [3.05, 3.63) is 0 Å². The standard InChI is InChI=1S/C9H16N2O3/c1-3-5-9(12)11-8(6-10)7-14-13-4-2/h8H,3-5,7H2,1-2H3,(H,11,12). The van der Waals surface area contributed by atoms with Crippen molar-refractivity contribution in [2.75, 3.05) is 13.2 Å². The molecule has 0 bridgehead atoms. The molecule has 5 nitrogen and oxygen atoms in total. The first-order valence-corrected chi connectivity index (χ1v) is 4.68. The molecule has 0 aliphatic rings. The Morgan fingerprint density at radius 1 is 1.50 bits per heavy atom. The van der Waals surface area contributed by atoms with E-state index in [1.165, 1.54) is 0 Å². The molecule has 0 aromatic rings. The molecule has 0 radical (unpaired) electrons. The van der Waals surface area contributed by atoms with E-state index in [-0.39, 0.29) is 12.5 Å². The monoisotopic (exact) mass is 200 g/mol. The number of rotatable bonds is 7. The maximum atomic E-state index is 11.1. The molecule has 0 aromatic heterocycles. The third-order valence-corrected chi connectivity index (χ3v) is 1.40. The Labute approximate surface area is 83.9 Å². The summed E-state index contributed by atoms with van der Waals surface area (Å²) in [5.41, 5.74) is 0. The van der Waals surface area contributed by atoms with E-state index < -0.39 is 6.04 Å². The summed E-state index contributed by atoms with van der Waals surface area (Å²) in [5, 5.41) is 11.2. The van der Waals surface area contributed by atoms with Gasteiger partial charge in [0, 0.05) is 6.42 Å². The van der Waals surface area contributed by atoms with Gasteiger partial charge in [-0.05, 0) is 13.3 Å². The van der Waals surface area contributed by atoms with Gasteiger partial charge in [-0.3, -0.25) is 4.79 Å². The number of hydrogen-bond donors (Lipinski definition) is 1. The van der Waals surface area contributed by atoms with E-state index in [2.05, 4.69) is 15.1 Å². The van der Waals surface area contributed by atoms with Gasteiger partial charge in [-0.15, -0.1) is 0 Å². The van der Waals surface area contributed by atoms with Crippen LogP contribution in [0.2, 0.25) is 0 Å². The second-order valence-electron chi connectivity index (χ2n) is 2.69. The molecular formula is C9H16N2O3. The van der Waals surface area contributed by atoms with Crippen LogP contribution in [0.25, 0.3) is 0 Å². The highest BCUT2D eigenvalue weighted by Crippen LogP contribution is 1.90. The summed E-state index contributed by atoms with van der Waals surface area (Å²) >= 11 is 0. The molecule has 0 saturated carbocycles. The Balaban J connectivity index is 3.68. The fourth-order valence-corrected chi connectivity index (χ4v) is 0.804. The van der Waals surface area contributed by atoms with E-state index in [0.717, 1.165) is 6.42 Å². The predicted molar refractivity (Wildman–Crippen MR) is 50.0 cm³/mol. The average molecular weight is 200 g/mol. The van der Waals surface area contributed by atoms with Crippen molar-refractivity contribution in [2.45, 2.75) is 32.7 Å². The fraction of sp³-hybridized carbons (Fsp3) is 0.778. The van der Waals surface area contributed by atoms with Crippen LogP contribution >= 0.6 is 0 Å². The van der Waals surface area contributed by atoms with Gasteiger partial charge < -0.3 is 5.32 Å². The Morgan fingerprint density at radius 3 is 2.71 bits per heavy atom. The third-order valence-electron chi connectivity index (χ3n) is 1.40. The molecule has 80 valence electrons. The molecule has 1 N–H and O–H groups in total. The van der Waals surface area contributed by atoms with E-state index in [1.54, 1.807) is 6.92 Å². The predicted octanol–water partition coefficient (Wildman–Crippen LogP) is 0.763. The maximum Gasteiger partial charge on any atom is 0.221 e. The van der Waals surface area contributed by atoms with Crippen LogP contribution in [0.5, 0.6) is 0 Å². The molecule has 5 heteroatoms. The first-order valence-electron chi connectivity index (χ1n) is 4.68. The summed E-state index contributed by atoms with van der Waals surface area (Å²) in [7, 11) is 0. The largest absolute Gasteiger partial charge is 0.338 e. The van der Waals surface area contributed by atoms with Crippen molar-refractivity contribution in [1.29, 1.82) is 5.26 Å². The number of nitrogens with one attached hydrogen (secondary N) is 1. The van der Waals surface area contributed by atoms with Gasteiger partial charge in [-0.1, -0.05) is 6.92 Å². The molecular weight excluding hydrogens is 184 g/mol. The van der Waals surface area contributed by atoms with Gasteiger partial charge in [0.2, 0.25) is 5.91 Å². The lowest BCUT2D eigenvalue weighted by Gasteiger charge is -2.10. The lowest BCUT2D eigenvalue weighted by atomic mass is 10.3. The van der Waals surface area contributed by atoms with Crippen LogP contribution in [0, 0.1) is 11.3 Å². The van der Waals surface area contributed by atoms with Crippen molar-refractivity contribution < 1.29 is 14.6 Å². The minimum atomic E-state index is -0.638. The van der Waals surface area contributed by atoms with Gasteiger partial charge in [0.05, 0.1) is 12.7 Å². The molecule has 0 heterocycles. The second-order valence-corrected chi connectivity index (χ2v) is 2.69. The quantitative estimate of drug-likeness (QED) is 0.374. The van der Waals surface area contributed by atoms with E-state index in [1.807, 2.05) is 13.0 Å². The van der Waals surface area contributed by atoms with Crippen LogP contribution < -0.4 is 5.32 Å². The average Bonchev–Trinajstić information content (AvgIpc) is 2.17. The molecule has 1 unspecified atom stereocenters. The molecule has 0 spiro atoms. The smallest absolute Gasteiger partial charge is 0.221 e. The topological polar surface area (TPSA) is 71.4 Å². The lowest BCUT2D eigenvalue weighted by molar-refractivity contribution is -0.292. The van der Waals surface area contributed by atoms with Crippen LogP contribution in [-0.2, 0) is 14.6 Å². The van der Waals surface area contributed by atoms with Crippen molar-refractivity contribution in [1.82, 2.24) is 5.32 Å². The first kappa shape index (κ1) is 12.9. The normalized spacial score (nSPS) is 11.8. The molecule has 0 saturated heterocycles. The number of carbonyl (C=O) groups is 1. The van der Waals surface area contributed by atoms with E-state index in [0.29, 0.717) is 13.0 Å². The number of nitriles is 1. The van der Waals surface area contributed by atoms with Crippen molar-refractivity contribution in [2.24, 2.45) is 0 Å². The van der Waals surface area contributed by atoms with E-state index in [9.17, 15) is 4.79 Å². The van der Waals surface area contributed by atoms with E-state index >= 15 is 0 Å². The number of nitrogens with zero attached hydrogens (tertiary/aromatic N) is 1. The number of hydrogen-bond acceptors (Lipinski definition) is 4. The van der Waals surface area contributed by atoms with Crippen LogP contribution in [0.4, 0.5) is 0 Å². The zero-order valence-corrected chi connectivity index (χ0v) is 8.58. The molecule has 1 atom stereocenters. The Kier molecular flexibility index (Phi) is 7.80. The van der Waals surface area contributed by atoms with Crippen LogP contribution in [0.1, 0.15) is 26.7 Å². The number of carbonyl (C=O) groups excluding carboxylic acids is 1. The van der Waals surface area contributed by atoms with Crippen molar-refractivity contribution >= 4 is 5.91 Å². The van der Waals surface area contributed by atoms with E-state index in [4.69, 9.17) is 5.26 Å². The zero-order valence-electron chi connectivity index (χ0n) is 8.58. The van der Waals surface area contributed by atoms with Gasteiger partial charge >= 0.3 is 0 Å². The number of amides is 1. The Bertz CT molecular complexity index is 201. The van der Waals surface area contributed by atoms with Crippen LogP contribution in [0.3, 0.4) is 0 Å². The summed E-state index contributed by atoms with van der Waals surface area (Å²) in [6, 6.07) is 1.27. The fourth-order valence-electron chi connectivity index (χ4n) is 0.804. The summed E-state index contributed by atoms with van der Waals surface area (Å²) < 4.78 is 0. The van der Waals surface area contributed by atoms with Crippen LogP contribution in [-0.4, -0.2) is 25.2 Å². The highest BCUT2D eigenvalue weighted by molar-refractivity contribution is 5.76.